The summed E-state index contributed by atoms with van der Waals surface area (Å²) in [6.45, 7) is 5.16. The number of para-hydroxylation sites is 1. The van der Waals surface area contributed by atoms with Gasteiger partial charge in [-0.1, -0.05) is 66.2 Å². The first-order valence-electron chi connectivity index (χ1n) is 11.8. The molecule has 0 aliphatic heterocycles. The van der Waals surface area contributed by atoms with Gasteiger partial charge >= 0.3 is 0 Å². The van der Waals surface area contributed by atoms with E-state index in [9.17, 15) is 18.0 Å². The Morgan fingerprint density at radius 1 is 0.889 bits per heavy atom. The van der Waals surface area contributed by atoms with Gasteiger partial charge < -0.3 is 10.2 Å². The first-order valence-corrected chi connectivity index (χ1v) is 13.3. The summed E-state index contributed by atoms with van der Waals surface area (Å²) in [5.74, 6) is -0.777. The summed E-state index contributed by atoms with van der Waals surface area (Å²) in [5.41, 5.74) is 3.08. The Labute approximate surface area is 213 Å². The van der Waals surface area contributed by atoms with E-state index >= 15 is 0 Å². The molecule has 0 bridgehead atoms. The minimum Gasteiger partial charge on any atom is -0.357 e. The molecule has 1 atom stereocenters. The molecule has 3 aromatic rings. The van der Waals surface area contributed by atoms with E-state index in [-0.39, 0.29) is 17.3 Å². The van der Waals surface area contributed by atoms with Gasteiger partial charge in [0, 0.05) is 13.6 Å². The van der Waals surface area contributed by atoms with Crippen LogP contribution >= 0.6 is 0 Å². The Hall–Kier alpha value is -3.65. The van der Waals surface area contributed by atoms with Crippen LogP contribution in [0.5, 0.6) is 0 Å². The van der Waals surface area contributed by atoms with E-state index in [1.54, 1.807) is 56.3 Å². The molecule has 36 heavy (non-hydrogen) atoms. The molecule has 2 amide bonds. The topological polar surface area (TPSA) is 86.8 Å². The third-order valence-corrected chi connectivity index (χ3v) is 7.94. The normalized spacial score (nSPS) is 12.0. The molecule has 8 heteroatoms. The molecule has 3 aromatic carbocycles. The van der Waals surface area contributed by atoms with Crippen molar-refractivity contribution in [1.82, 2.24) is 10.2 Å². The van der Waals surface area contributed by atoms with E-state index < -0.39 is 28.5 Å². The lowest BCUT2D eigenvalue weighted by Gasteiger charge is -2.32. The zero-order valence-corrected chi connectivity index (χ0v) is 22.0. The second kappa shape index (κ2) is 11.9. The maximum Gasteiger partial charge on any atom is 0.264 e. The van der Waals surface area contributed by atoms with Gasteiger partial charge in [0.1, 0.15) is 12.6 Å². The summed E-state index contributed by atoms with van der Waals surface area (Å²) >= 11 is 0. The van der Waals surface area contributed by atoms with E-state index in [1.807, 2.05) is 43.3 Å². The van der Waals surface area contributed by atoms with Crippen LogP contribution in [0.25, 0.3) is 0 Å². The van der Waals surface area contributed by atoms with E-state index in [1.165, 1.54) is 11.9 Å². The molecule has 0 saturated carbocycles. The number of nitrogens with zero attached hydrogens (tertiary/aromatic N) is 2. The van der Waals surface area contributed by atoms with Crippen LogP contribution in [-0.4, -0.2) is 51.3 Å². The fraction of sp³-hybridized carbons (Fsp3) is 0.286. The Balaban J connectivity index is 1.98. The first kappa shape index (κ1) is 26.9. The Bertz CT molecular complexity index is 1290. The van der Waals surface area contributed by atoms with E-state index in [4.69, 9.17) is 0 Å². The van der Waals surface area contributed by atoms with E-state index in [0.29, 0.717) is 12.1 Å². The second-order valence-corrected chi connectivity index (χ2v) is 10.6. The van der Waals surface area contributed by atoms with Crippen molar-refractivity contribution in [2.24, 2.45) is 0 Å². The number of benzene rings is 3. The number of aryl methyl sites for hydroxylation is 2. The highest BCUT2D eigenvalue weighted by Crippen LogP contribution is 2.27. The standard InChI is InChI=1S/C28H33N3O4S/c1-21-14-16-25(17-15-21)36(34,35)31(26-13-9-8-10-22(26)2)20-27(32)30(23(3)28(33)29-4)19-18-24-11-6-5-7-12-24/h5-17,23H,18-20H2,1-4H3,(H,29,33)/t23-/m1/s1. The zero-order valence-electron chi connectivity index (χ0n) is 21.1. The third-order valence-electron chi connectivity index (χ3n) is 6.17. The Morgan fingerprint density at radius 3 is 2.11 bits per heavy atom. The number of rotatable bonds is 10. The summed E-state index contributed by atoms with van der Waals surface area (Å²) in [4.78, 5) is 27.7. The quantitative estimate of drug-likeness (QED) is 0.453. The number of hydrogen-bond donors (Lipinski definition) is 1. The van der Waals surface area contributed by atoms with Crippen LogP contribution in [0.15, 0.2) is 83.8 Å². The number of carbonyl (C=O) groups excluding carboxylic acids is 2. The van der Waals surface area contributed by atoms with Crippen molar-refractivity contribution in [2.45, 2.75) is 38.1 Å². The van der Waals surface area contributed by atoms with Crippen LogP contribution in [0.4, 0.5) is 5.69 Å². The van der Waals surface area contributed by atoms with Crippen molar-refractivity contribution in [3.8, 4) is 0 Å². The average molecular weight is 508 g/mol. The summed E-state index contributed by atoms with van der Waals surface area (Å²) in [6.07, 6.45) is 0.531. The molecule has 0 saturated heterocycles. The Kier molecular flexibility index (Phi) is 8.88. The Morgan fingerprint density at radius 2 is 1.50 bits per heavy atom. The van der Waals surface area contributed by atoms with Gasteiger partial charge in [-0.15, -0.1) is 0 Å². The van der Waals surface area contributed by atoms with Crippen molar-refractivity contribution < 1.29 is 18.0 Å². The molecule has 190 valence electrons. The van der Waals surface area contributed by atoms with Gasteiger partial charge in [-0.2, -0.15) is 0 Å². The molecule has 0 heterocycles. The monoisotopic (exact) mass is 507 g/mol. The zero-order chi connectivity index (χ0) is 26.3. The fourth-order valence-electron chi connectivity index (χ4n) is 3.97. The van der Waals surface area contributed by atoms with Crippen LogP contribution in [-0.2, 0) is 26.0 Å². The summed E-state index contributed by atoms with van der Waals surface area (Å²) < 4.78 is 28.7. The minimum atomic E-state index is -4.06. The van der Waals surface area contributed by atoms with Gasteiger partial charge in [-0.3, -0.25) is 13.9 Å². The average Bonchev–Trinajstić information content (AvgIpc) is 2.88. The summed E-state index contributed by atoms with van der Waals surface area (Å²) in [5, 5.41) is 2.59. The van der Waals surface area contributed by atoms with Crippen molar-refractivity contribution in [1.29, 1.82) is 0 Å². The lowest BCUT2D eigenvalue weighted by molar-refractivity contribution is -0.138. The third kappa shape index (κ3) is 6.31. The fourth-order valence-corrected chi connectivity index (χ4v) is 5.45. The number of anilines is 1. The predicted molar refractivity (Wildman–Crippen MR) is 142 cm³/mol. The second-order valence-electron chi connectivity index (χ2n) is 8.72. The van der Waals surface area contributed by atoms with Gasteiger partial charge in [0.2, 0.25) is 11.8 Å². The molecule has 0 spiro atoms. The molecular formula is C28H33N3O4S. The summed E-state index contributed by atoms with van der Waals surface area (Å²) in [6, 6.07) is 22.5. The largest absolute Gasteiger partial charge is 0.357 e. The first-order chi connectivity index (χ1) is 17.1. The molecule has 3 rings (SSSR count). The highest BCUT2D eigenvalue weighted by Gasteiger charge is 2.32. The molecule has 1 N–H and O–H groups in total. The van der Waals surface area contributed by atoms with Crippen LogP contribution < -0.4 is 9.62 Å². The van der Waals surface area contributed by atoms with Gasteiger partial charge in [-0.25, -0.2) is 8.42 Å². The van der Waals surface area contributed by atoms with Crippen molar-refractivity contribution in [3.05, 3.63) is 95.6 Å². The smallest absolute Gasteiger partial charge is 0.264 e. The van der Waals surface area contributed by atoms with Gasteiger partial charge in [0.05, 0.1) is 10.6 Å². The van der Waals surface area contributed by atoms with Crippen molar-refractivity contribution in [2.75, 3.05) is 24.4 Å². The molecule has 0 aliphatic rings. The van der Waals surface area contributed by atoms with Crippen molar-refractivity contribution >= 4 is 27.5 Å². The highest BCUT2D eigenvalue weighted by molar-refractivity contribution is 7.92. The van der Waals surface area contributed by atoms with Gasteiger partial charge in [0.25, 0.3) is 10.0 Å². The maximum atomic E-state index is 13.8. The number of hydrogen-bond acceptors (Lipinski definition) is 4. The number of nitrogens with one attached hydrogen (secondary N) is 1. The number of sulfonamides is 1. The van der Waals surface area contributed by atoms with Crippen LogP contribution in [0, 0.1) is 13.8 Å². The molecule has 0 aliphatic carbocycles. The lowest BCUT2D eigenvalue weighted by Crippen LogP contribution is -2.51. The van der Waals surface area contributed by atoms with Crippen LogP contribution in [0.2, 0.25) is 0 Å². The minimum absolute atomic E-state index is 0.0966. The van der Waals surface area contributed by atoms with E-state index in [2.05, 4.69) is 5.32 Å². The number of carbonyl (C=O) groups is 2. The molecule has 7 nitrogen and oxygen atoms in total. The predicted octanol–water partition coefficient (Wildman–Crippen LogP) is 3.70. The molecule has 0 aromatic heterocycles. The van der Waals surface area contributed by atoms with Crippen LogP contribution in [0.1, 0.15) is 23.6 Å². The van der Waals surface area contributed by atoms with Crippen molar-refractivity contribution in [3.63, 3.8) is 0 Å². The number of likely N-dealkylation sites (N-methyl/N-ethyl adjacent to an activating group) is 1. The van der Waals surface area contributed by atoms with Gasteiger partial charge in [-0.05, 0) is 56.5 Å². The highest BCUT2D eigenvalue weighted by atomic mass is 32.2. The van der Waals surface area contributed by atoms with Crippen LogP contribution in [0.3, 0.4) is 0 Å². The SMILES string of the molecule is CNC(=O)[C@@H](C)N(CCc1ccccc1)C(=O)CN(c1ccccc1C)S(=O)(=O)c1ccc(C)cc1. The maximum absolute atomic E-state index is 13.8. The molecule has 0 fully saturated rings. The lowest BCUT2D eigenvalue weighted by atomic mass is 10.1. The molecule has 0 unspecified atom stereocenters. The number of amides is 2. The van der Waals surface area contributed by atoms with E-state index in [0.717, 1.165) is 21.0 Å². The molecule has 0 radical (unpaired) electrons. The molecular weight excluding hydrogens is 474 g/mol. The summed E-state index contributed by atoms with van der Waals surface area (Å²) in [7, 11) is -2.54. The van der Waals surface area contributed by atoms with Gasteiger partial charge in [0.15, 0.2) is 0 Å².